The van der Waals surface area contributed by atoms with E-state index in [2.05, 4.69) is 37.6 Å². The van der Waals surface area contributed by atoms with Crippen molar-refractivity contribution in [1.82, 2.24) is 34.6 Å². The van der Waals surface area contributed by atoms with Gasteiger partial charge in [0.15, 0.2) is 5.65 Å². The molecule has 10 nitrogen and oxygen atoms in total. The number of hydrogen-bond donors (Lipinski definition) is 2. The van der Waals surface area contributed by atoms with Gasteiger partial charge < -0.3 is 20.4 Å². The van der Waals surface area contributed by atoms with Crippen LogP contribution < -0.4 is 10.6 Å². The molecular weight excluding hydrogens is 549 g/mol. The molecule has 2 N–H and O–H groups in total. The fraction of sp³-hybridized carbons (Fsp3) is 0.448. The summed E-state index contributed by atoms with van der Waals surface area (Å²) in [6, 6.07) is 10.9. The molecule has 224 valence electrons. The Morgan fingerprint density at radius 1 is 1.02 bits per heavy atom. The van der Waals surface area contributed by atoms with Gasteiger partial charge in [-0.1, -0.05) is 6.08 Å². The van der Waals surface area contributed by atoms with Crippen LogP contribution in [0.15, 0.2) is 48.7 Å². The Morgan fingerprint density at radius 3 is 2.48 bits per heavy atom. The van der Waals surface area contributed by atoms with Crippen molar-refractivity contribution in [3.63, 3.8) is 0 Å². The van der Waals surface area contributed by atoms with Gasteiger partial charge in [0, 0.05) is 81.8 Å². The van der Waals surface area contributed by atoms with E-state index in [1.807, 2.05) is 18.2 Å². The molecule has 0 aliphatic carbocycles. The highest BCUT2D eigenvalue weighted by molar-refractivity contribution is 5.94. The van der Waals surface area contributed by atoms with Crippen molar-refractivity contribution in [3.05, 3.63) is 59.8 Å². The number of piperazine rings is 1. The molecule has 0 radical (unpaired) electrons. The predicted octanol–water partition coefficient (Wildman–Crippen LogP) is 3.41. The lowest BCUT2D eigenvalue weighted by Gasteiger charge is -2.32. The van der Waals surface area contributed by atoms with E-state index in [9.17, 15) is 22.8 Å². The van der Waals surface area contributed by atoms with Crippen LogP contribution in [-0.2, 0) is 4.79 Å². The summed E-state index contributed by atoms with van der Waals surface area (Å²) in [6.07, 6.45) is -1.84. The number of aromatic nitrogens is 3. The van der Waals surface area contributed by atoms with Crippen LogP contribution in [0.4, 0.5) is 24.8 Å². The number of benzene rings is 1. The first-order valence-electron chi connectivity index (χ1n) is 14.1. The molecule has 0 bridgehead atoms. The van der Waals surface area contributed by atoms with E-state index in [0.29, 0.717) is 36.7 Å². The van der Waals surface area contributed by atoms with Gasteiger partial charge in [0.2, 0.25) is 11.9 Å². The van der Waals surface area contributed by atoms with Crippen LogP contribution >= 0.6 is 0 Å². The number of pyridine rings is 1. The van der Waals surface area contributed by atoms with Crippen molar-refractivity contribution in [2.24, 2.45) is 0 Å². The largest absolute Gasteiger partial charge is 0.389 e. The minimum Gasteiger partial charge on any atom is -0.351 e. The molecule has 5 rings (SSSR count). The molecule has 13 heteroatoms. The molecule has 1 saturated heterocycles. The maximum atomic E-state index is 12.6. The Hall–Kier alpha value is -3.97. The number of nitrogens with one attached hydrogen (secondary N) is 2. The lowest BCUT2D eigenvalue weighted by atomic mass is 10.00. The number of alkyl halides is 3. The summed E-state index contributed by atoms with van der Waals surface area (Å²) >= 11 is 0. The zero-order valence-electron chi connectivity index (χ0n) is 23.5. The molecule has 0 unspecified atom stereocenters. The molecule has 3 aromatic rings. The van der Waals surface area contributed by atoms with Gasteiger partial charge in [-0.15, -0.1) is 5.10 Å². The second kappa shape index (κ2) is 12.9. The number of carbonyl (C=O) groups excluding carboxylic acids is 2. The molecule has 1 aromatic carbocycles. The first-order chi connectivity index (χ1) is 20.1. The monoisotopic (exact) mass is 584 g/mol. The Bertz CT molecular complexity index is 1430. The summed E-state index contributed by atoms with van der Waals surface area (Å²) in [5.74, 6) is -0.233. The summed E-state index contributed by atoms with van der Waals surface area (Å²) in [5.41, 5.74) is 3.73. The molecule has 0 spiro atoms. The number of anilines is 2. The van der Waals surface area contributed by atoms with Gasteiger partial charge in [-0.05, 0) is 55.4 Å². The standard InChI is InChI=1S/C29H35F3N8O2/c1-37-17-19-38(20-18-37)16-12-33-27(42)22-4-6-23(7-5-22)34-28-35-26-24(3-2-13-40(26)36-28)21-9-14-39(15-10-21)25(41)8-11-29(30,31)32/h2-7,9,13H,8,10-12,14-20H2,1H3,(H,33,42)(H,34,36). The molecule has 2 amide bonds. The van der Waals surface area contributed by atoms with Crippen LogP contribution in [0.5, 0.6) is 0 Å². The fourth-order valence-corrected chi connectivity index (χ4v) is 5.09. The maximum absolute atomic E-state index is 12.6. The quantitative estimate of drug-likeness (QED) is 0.398. The zero-order chi connectivity index (χ0) is 29.7. The smallest absolute Gasteiger partial charge is 0.351 e. The minimum atomic E-state index is -4.34. The van der Waals surface area contributed by atoms with Crippen molar-refractivity contribution >= 4 is 34.7 Å². The number of fused-ring (bicyclic) bond motifs is 1. The predicted molar refractivity (Wildman–Crippen MR) is 153 cm³/mol. The van der Waals surface area contributed by atoms with Gasteiger partial charge in [-0.2, -0.15) is 18.2 Å². The van der Waals surface area contributed by atoms with Crippen molar-refractivity contribution in [2.75, 3.05) is 64.7 Å². The Kier molecular flexibility index (Phi) is 9.07. The summed E-state index contributed by atoms with van der Waals surface area (Å²) in [4.78, 5) is 35.5. The van der Waals surface area contributed by atoms with Crippen LogP contribution in [-0.4, -0.2) is 107 Å². The lowest BCUT2D eigenvalue weighted by Crippen LogP contribution is -2.46. The average Bonchev–Trinajstić information content (AvgIpc) is 3.39. The van der Waals surface area contributed by atoms with Crippen LogP contribution in [0, 0.1) is 0 Å². The van der Waals surface area contributed by atoms with Crippen LogP contribution in [0.25, 0.3) is 11.2 Å². The maximum Gasteiger partial charge on any atom is 0.389 e. The first kappa shape index (κ1) is 29.5. The van der Waals surface area contributed by atoms with Crippen molar-refractivity contribution in [3.8, 4) is 0 Å². The highest BCUT2D eigenvalue weighted by Gasteiger charge is 2.29. The molecule has 0 atom stereocenters. The van der Waals surface area contributed by atoms with Gasteiger partial charge in [0.1, 0.15) is 0 Å². The second-order valence-corrected chi connectivity index (χ2v) is 10.7. The number of likely N-dealkylation sites (N-methyl/N-ethyl adjacent to an activating group) is 1. The lowest BCUT2D eigenvalue weighted by molar-refractivity contribution is -0.148. The highest BCUT2D eigenvalue weighted by atomic mass is 19.4. The Balaban J connectivity index is 1.16. The van der Waals surface area contributed by atoms with E-state index in [0.717, 1.165) is 49.5 Å². The van der Waals surface area contributed by atoms with Crippen LogP contribution in [0.1, 0.15) is 35.2 Å². The topological polar surface area (TPSA) is 98.1 Å². The third-order valence-corrected chi connectivity index (χ3v) is 7.61. The highest BCUT2D eigenvalue weighted by Crippen LogP contribution is 2.28. The van der Waals surface area contributed by atoms with Crippen LogP contribution in [0.2, 0.25) is 0 Å². The summed E-state index contributed by atoms with van der Waals surface area (Å²) in [5, 5.41) is 10.7. The van der Waals surface area contributed by atoms with Crippen LogP contribution in [0.3, 0.4) is 0 Å². The minimum absolute atomic E-state index is 0.118. The van der Waals surface area contributed by atoms with Crippen molar-refractivity contribution in [1.29, 1.82) is 0 Å². The Labute approximate surface area is 242 Å². The van der Waals surface area contributed by atoms with Crippen molar-refractivity contribution in [2.45, 2.75) is 25.4 Å². The molecule has 2 aliphatic rings. The molecule has 0 saturated carbocycles. The molecule has 2 aliphatic heterocycles. The van der Waals surface area contributed by atoms with E-state index in [1.54, 1.807) is 35.0 Å². The summed E-state index contributed by atoms with van der Waals surface area (Å²) in [7, 11) is 2.12. The van der Waals surface area contributed by atoms with E-state index >= 15 is 0 Å². The van der Waals surface area contributed by atoms with Gasteiger partial charge in [0.05, 0.1) is 6.42 Å². The van der Waals surface area contributed by atoms with Gasteiger partial charge in [-0.3, -0.25) is 14.5 Å². The summed E-state index contributed by atoms with van der Waals surface area (Å²) in [6.45, 7) is 6.13. The number of carbonyl (C=O) groups is 2. The van der Waals surface area contributed by atoms with Crippen molar-refractivity contribution < 1.29 is 22.8 Å². The number of hydrogen-bond acceptors (Lipinski definition) is 7. The molecule has 1 fully saturated rings. The van der Waals surface area contributed by atoms with E-state index < -0.39 is 24.9 Å². The second-order valence-electron chi connectivity index (χ2n) is 10.7. The number of rotatable bonds is 9. The van der Waals surface area contributed by atoms with E-state index in [4.69, 9.17) is 0 Å². The Morgan fingerprint density at radius 2 is 1.79 bits per heavy atom. The molecule has 4 heterocycles. The molecule has 2 aromatic heterocycles. The molecular formula is C29H35F3N8O2. The third kappa shape index (κ3) is 7.65. The average molecular weight is 585 g/mol. The van der Waals surface area contributed by atoms with Gasteiger partial charge in [-0.25, -0.2) is 4.52 Å². The number of halogens is 3. The molecule has 42 heavy (non-hydrogen) atoms. The van der Waals surface area contributed by atoms with Gasteiger partial charge >= 0.3 is 6.18 Å². The van der Waals surface area contributed by atoms with Gasteiger partial charge in [0.25, 0.3) is 5.91 Å². The first-order valence-corrected chi connectivity index (χ1v) is 14.1. The zero-order valence-corrected chi connectivity index (χ0v) is 23.5. The summed E-state index contributed by atoms with van der Waals surface area (Å²) < 4.78 is 39.1. The van der Waals surface area contributed by atoms with E-state index in [-0.39, 0.29) is 12.5 Å². The van der Waals surface area contributed by atoms with E-state index in [1.165, 1.54) is 4.90 Å². The normalized spacial score (nSPS) is 16.9. The fourth-order valence-electron chi connectivity index (χ4n) is 5.09. The number of amides is 2. The third-order valence-electron chi connectivity index (χ3n) is 7.61. The number of nitrogens with zero attached hydrogens (tertiary/aromatic N) is 6. The SMILES string of the molecule is CN1CCN(CCNC(=O)c2ccc(Nc3nc4c(C5=CCN(C(=O)CCC(F)(F)F)CC5)cccn4n3)cc2)CC1.